The van der Waals surface area contributed by atoms with Crippen molar-refractivity contribution in [1.82, 2.24) is 0 Å². The van der Waals surface area contributed by atoms with E-state index < -0.39 is 0 Å². The van der Waals surface area contributed by atoms with Gasteiger partial charge in [0.05, 0.1) is 0 Å². The van der Waals surface area contributed by atoms with E-state index in [1.807, 2.05) is 18.3 Å². The molecule has 0 bridgehead atoms. The number of phenolic OH excluding ortho intramolecular Hbond substituents is 1. The Labute approximate surface area is 151 Å². The topological polar surface area (TPSA) is 32.6 Å². The second kappa shape index (κ2) is 8.27. The van der Waals surface area contributed by atoms with Crippen molar-refractivity contribution in [3.05, 3.63) is 77.4 Å². The molecule has 2 nitrogen and oxygen atoms in total. The van der Waals surface area contributed by atoms with Crippen molar-refractivity contribution >= 4 is 25.4 Å². The molecule has 0 saturated heterocycles. The van der Waals surface area contributed by atoms with E-state index in [0.717, 1.165) is 23.7 Å². The monoisotopic (exact) mass is 349 g/mol. The third-order valence-corrected chi connectivity index (χ3v) is 5.77. The van der Waals surface area contributed by atoms with Gasteiger partial charge in [-0.1, -0.05) is 56.6 Å². The first-order valence-electron chi connectivity index (χ1n) is 8.61. The van der Waals surface area contributed by atoms with Gasteiger partial charge in [-0.2, -0.15) is 0 Å². The molecule has 3 rings (SSSR count). The molecule has 1 N–H and O–H groups in total. The van der Waals surface area contributed by atoms with Crippen LogP contribution in [0.25, 0.3) is 0 Å². The predicted octanol–water partition coefficient (Wildman–Crippen LogP) is 4.05. The van der Waals surface area contributed by atoms with E-state index in [4.69, 9.17) is 0 Å². The zero-order valence-electron chi connectivity index (χ0n) is 14.7. The molecule has 0 aliphatic heterocycles. The maximum atomic E-state index is 10.3. The van der Waals surface area contributed by atoms with Gasteiger partial charge in [0.1, 0.15) is 5.75 Å². The number of phenols is 1. The number of nitrogens with zero attached hydrogens (tertiary/aromatic N) is 1. The van der Waals surface area contributed by atoms with E-state index in [-0.39, 0.29) is 0 Å². The minimum Gasteiger partial charge on any atom is -0.507 e. The minimum absolute atomic E-state index is 0.376. The summed E-state index contributed by atoms with van der Waals surface area (Å²) >= 11 is 0. The molecule has 25 heavy (non-hydrogen) atoms. The molecular formula is C22H24NOP. The number of hydrogen-bond donors (Lipinski definition) is 1. The number of aromatic hydroxyl groups is 1. The smallest absolute Gasteiger partial charge is 0.123 e. The Hall–Kier alpha value is -2.18. The molecule has 0 radical (unpaired) electrons. The Kier molecular flexibility index (Phi) is 5.83. The summed E-state index contributed by atoms with van der Waals surface area (Å²) in [6.45, 7) is 2.09. The van der Waals surface area contributed by atoms with Gasteiger partial charge in [0.25, 0.3) is 0 Å². The maximum Gasteiger partial charge on any atom is 0.123 e. The second-order valence-corrected chi connectivity index (χ2v) is 7.79. The van der Waals surface area contributed by atoms with Crippen LogP contribution in [0.4, 0.5) is 0 Å². The SMILES string of the molecule is C/N=C/c1cc(C)ccc1Pc1cc(CC2C=CC=CC2)ccc1O. The molecule has 2 aromatic rings. The summed E-state index contributed by atoms with van der Waals surface area (Å²) in [7, 11) is 2.21. The highest BCUT2D eigenvalue weighted by Gasteiger charge is 2.11. The molecule has 2 atom stereocenters. The lowest BCUT2D eigenvalue weighted by Crippen LogP contribution is -2.11. The Morgan fingerprint density at radius 1 is 1.16 bits per heavy atom. The van der Waals surface area contributed by atoms with Crippen LogP contribution in [0.3, 0.4) is 0 Å². The van der Waals surface area contributed by atoms with Crippen LogP contribution < -0.4 is 10.6 Å². The van der Waals surface area contributed by atoms with Crippen molar-refractivity contribution in [3.63, 3.8) is 0 Å². The third kappa shape index (κ3) is 4.67. The highest BCUT2D eigenvalue weighted by molar-refractivity contribution is 7.56. The van der Waals surface area contributed by atoms with Crippen molar-refractivity contribution in [1.29, 1.82) is 0 Å². The Morgan fingerprint density at radius 2 is 2.04 bits per heavy atom. The summed E-state index contributed by atoms with van der Waals surface area (Å²) in [5.41, 5.74) is 3.63. The van der Waals surface area contributed by atoms with Crippen molar-refractivity contribution in [2.24, 2.45) is 10.9 Å². The van der Waals surface area contributed by atoms with Crippen LogP contribution in [-0.4, -0.2) is 18.4 Å². The second-order valence-electron chi connectivity index (χ2n) is 6.47. The minimum atomic E-state index is 0.376. The Bertz CT molecular complexity index is 836. The summed E-state index contributed by atoms with van der Waals surface area (Å²) in [4.78, 5) is 4.17. The van der Waals surface area contributed by atoms with Crippen LogP contribution in [0.5, 0.6) is 5.75 Å². The molecule has 1 aliphatic carbocycles. The summed E-state index contributed by atoms with van der Waals surface area (Å²) in [5.74, 6) is 0.925. The van der Waals surface area contributed by atoms with Crippen molar-refractivity contribution < 1.29 is 5.11 Å². The fraction of sp³-hybridized carbons (Fsp3) is 0.227. The molecule has 2 aromatic carbocycles. The molecule has 0 fully saturated rings. The van der Waals surface area contributed by atoms with Crippen LogP contribution in [0, 0.1) is 12.8 Å². The highest BCUT2D eigenvalue weighted by Crippen LogP contribution is 2.24. The average Bonchev–Trinajstić information content (AvgIpc) is 2.61. The molecule has 0 heterocycles. The van der Waals surface area contributed by atoms with Gasteiger partial charge in [-0.3, -0.25) is 4.99 Å². The molecule has 128 valence electrons. The van der Waals surface area contributed by atoms with Crippen LogP contribution in [-0.2, 0) is 6.42 Å². The fourth-order valence-electron chi connectivity index (χ4n) is 3.08. The van der Waals surface area contributed by atoms with E-state index in [1.165, 1.54) is 16.4 Å². The quantitative estimate of drug-likeness (QED) is 0.641. The lowest BCUT2D eigenvalue weighted by atomic mass is 9.93. The van der Waals surface area contributed by atoms with Gasteiger partial charge in [0.15, 0.2) is 0 Å². The van der Waals surface area contributed by atoms with Gasteiger partial charge >= 0.3 is 0 Å². The van der Waals surface area contributed by atoms with Gasteiger partial charge in [-0.05, 0) is 54.8 Å². The summed E-state index contributed by atoms with van der Waals surface area (Å²) in [5, 5.41) is 12.5. The van der Waals surface area contributed by atoms with Crippen LogP contribution in [0.15, 0.2) is 65.7 Å². The van der Waals surface area contributed by atoms with E-state index in [2.05, 4.69) is 60.5 Å². The van der Waals surface area contributed by atoms with Crippen molar-refractivity contribution in [2.45, 2.75) is 19.8 Å². The van der Waals surface area contributed by atoms with E-state index in [9.17, 15) is 5.11 Å². The zero-order chi connectivity index (χ0) is 17.6. The van der Waals surface area contributed by atoms with Crippen molar-refractivity contribution in [3.8, 4) is 5.75 Å². The van der Waals surface area contributed by atoms with Gasteiger partial charge < -0.3 is 5.11 Å². The predicted molar refractivity (Wildman–Crippen MR) is 110 cm³/mol. The molecule has 0 aromatic heterocycles. The molecule has 0 saturated carbocycles. The summed E-state index contributed by atoms with van der Waals surface area (Å²) in [6.07, 6.45) is 12.7. The highest BCUT2D eigenvalue weighted by atomic mass is 31.1. The van der Waals surface area contributed by atoms with Crippen molar-refractivity contribution in [2.75, 3.05) is 7.05 Å². The van der Waals surface area contributed by atoms with E-state index in [1.54, 1.807) is 7.05 Å². The van der Waals surface area contributed by atoms with Crippen LogP contribution in [0.1, 0.15) is 23.1 Å². The van der Waals surface area contributed by atoms with Gasteiger partial charge in [0.2, 0.25) is 0 Å². The molecule has 0 spiro atoms. The average molecular weight is 349 g/mol. The normalized spacial score (nSPS) is 17.1. The zero-order valence-corrected chi connectivity index (χ0v) is 15.7. The first-order valence-corrected chi connectivity index (χ1v) is 9.61. The standard InChI is InChI=1S/C22H24NOP/c1-16-8-11-21(19(12-16)15-23-2)25-22-14-18(9-10-20(22)24)13-17-6-4-3-5-7-17/h3-6,8-12,14-15,17,24-25H,7,13H2,1-2H3/b23-15+. The Balaban J connectivity index is 1.84. The lowest BCUT2D eigenvalue weighted by Gasteiger charge is -2.15. The van der Waals surface area contributed by atoms with Gasteiger partial charge in [-0.25, -0.2) is 0 Å². The number of aliphatic imine (C=N–C) groups is 1. The number of aryl methyl sites for hydroxylation is 1. The largest absolute Gasteiger partial charge is 0.507 e. The summed E-state index contributed by atoms with van der Waals surface area (Å²) < 4.78 is 0. The van der Waals surface area contributed by atoms with Gasteiger partial charge in [0, 0.05) is 24.1 Å². The van der Waals surface area contributed by atoms with E-state index >= 15 is 0 Å². The molecule has 1 aliphatic rings. The number of benzene rings is 2. The Morgan fingerprint density at radius 3 is 2.80 bits per heavy atom. The molecule has 2 unspecified atom stereocenters. The van der Waals surface area contributed by atoms with Gasteiger partial charge in [-0.15, -0.1) is 0 Å². The fourth-order valence-corrected chi connectivity index (χ4v) is 4.29. The number of allylic oxidation sites excluding steroid dienone is 4. The summed E-state index contributed by atoms with van der Waals surface area (Å²) in [6, 6.07) is 12.4. The van der Waals surface area contributed by atoms with E-state index in [0.29, 0.717) is 20.2 Å². The van der Waals surface area contributed by atoms with Crippen LogP contribution in [0.2, 0.25) is 0 Å². The molecule has 3 heteroatoms. The molecular weight excluding hydrogens is 325 g/mol. The third-order valence-electron chi connectivity index (χ3n) is 4.37. The van der Waals surface area contributed by atoms with Crippen LogP contribution >= 0.6 is 8.58 Å². The lowest BCUT2D eigenvalue weighted by molar-refractivity contribution is 0.479. The maximum absolute atomic E-state index is 10.3. The first-order chi connectivity index (χ1) is 12.2. The molecule has 0 amide bonds. The number of hydrogen-bond acceptors (Lipinski definition) is 2. The number of rotatable bonds is 5. The first kappa shape index (κ1) is 17.6.